The van der Waals surface area contributed by atoms with E-state index in [4.69, 9.17) is 15.0 Å². The van der Waals surface area contributed by atoms with Crippen LogP contribution in [0.4, 0.5) is 10.3 Å². The molecular formula is C25H26FN6O8P2+. The zero-order valence-corrected chi connectivity index (χ0v) is 23.6. The number of hydrogen-bond acceptors (Lipinski definition) is 8. The maximum Gasteiger partial charge on any atom is 0.480 e. The van der Waals surface area contributed by atoms with E-state index in [-0.39, 0.29) is 37.0 Å². The third-order valence-corrected chi connectivity index (χ3v) is 9.07. The number of nitrogen functional groups attached to an aromatic ring is 1. The van der Waals surface area contributed by atoms with Crippen LogP contribution in [0.3, 0.4) is 0 Å². The third kappa shape index (κ3) is 6.75. The first-order valence-corrected chi connectivity index (χ1v) is 15.4. The number of imidazole rings is 1. The molecule has 0 saturated carbocycles. The van der Waals surface area contributed by atoms with Crippen molar-refractivity contribution in [1.29, 1.82) is 0 Å². The number of halogens is 1. The van der Waals surface area contributed by atoms with E-state index in [1.54, 1.807) is 12.1 Å². The van der Waals surface area contributed by atoms with Crippen LogP contribution in [-0.4, -0.2) is 41.9 Å². The molecule has 2 unspecified atom stereocenters. The van der Waals surface area contributed by atoms with Gasteiger partial charge >= 0.3 is 21.2 Å². The number of phosphoric acid groups is 1. The maximum atomic E-state index is 15.1. The smallest absolute Gasteiger partial charge is 0.355 e. The minimum absolute atomic E-state index is 0.00413. The highest BCUT2D eigenvalue weighted by atomic mass is 31.3. The number of aromatic amines is 1. The van der Waals surface area contributed by atoms with Crippen LogP contribution in [0, 0.1) is 5.82 Å². The van der Waals surface area contributed by atoms with E-state index >= 15 is 4.39 Å². The number of hydrogen-bond donors (Lipinski definition) is 4. The molecule has 5 aromatic rings. The van der Waals surface area contributed by atoms with E-state index in [9.17, 15) is 23.7 Å². The lowest BCUT2D eigenvalue weighted by molar-refractivity contribution is -0.711. The van der Waals surface area contributed by atoms with E-state index in [0.29, 0.717) is 11.1 Å². The third-order valence-electron chi connectivity index (χ3n) is 6.04. The Morgan fingerprint density at radius 1 is 1.02 bits per heavy atom. The Balaban J connectivity index is 1.26. The fourth-order valence-electron chi connectivity index (χ4n) is 4.16. The number of aromatic nitrogens is 5. The van der Waals surface area contributed by atoms with Gasteiger partial charge in [0.25, 0.3) is 11.5 Å². The summed E-state index contributed by atoms with van der Waals surface area (Å²) in [6, 6.07) is 17.1. The molecule has 0 amide bonds. The summed E-state index contributed by atoms with van der Waals surface area (Å²) in [5.41, 5.74) is 7.35. The van der Waals surface area contributed by atoms with Gasteiger partial charge in [0.05, 0.1) is 19.8 Å². The highest BCUT2D eigenvalue weighted by molar-refractivity contribution is 7.63. The van der Waals surface area contributed by atoms with Gasteiger partial charge in [-0.1, -0.05) is 47.4 Å². The van der Waals surface area contributed by atoms with Gasteiger partial charge in [-0.15, -0.1) is 0 Å². The first-order valence-electron chi connectivity index (χ1n) is 12.4. The number of nitrogens with zero attached hydrogens (tertiary/aromatic N) is 4. The molecule has 2 aromatic carbocycles. The van der Waals surface area contributed by atoms with Crippen LogP contribution in [0.15, 0.2) is 84.2 Å². The van der Waals surface area contributed by atoms with Gasteiger partial charge in [0.15, 0.2) is 13.1 Å². The molecule has 0 spiro atoms. The minimum atomic E-state index is -4.92. The number of fused-ring (bicyclic) bond motifs is 1. The normalized spacial score (nSPS) is 14.5. The minimum Gasteiger partial charge on any atom is -0.355 e. The number of anilines is 1. The monoisotopic (exact) mass is 619 g/mol. The number of H-pyrrole nitrogens is 1. The van der Waals surface area contributed by atoms with Crippen molar-refractivity contribution < 1.29 is 41.4 Å². The van der Waals surface area contributed by atoms with E-state index in [0.717, 1.165) is 9.90 Å². The van der Waals surface area contributed by atoms with Crippen LogP contribution in [0.25, 0.3) is 22.3 Å². The van der Waals surface area contributed by atoms with Crippen LogP contribution in [-0.2, 0) is 36.0 Å². The Morgan fingerprint density at radius 3 is 2.48 bits per heavy atom. The highest BCUT2D eigenvalue weighted by Gasteiger charge is 2.35. The maximum absolute atomic E-state index is 15.1. The summed E-state index contributed by atoms with van der Waals surface area (Å²) in [7, 11) is -9.57. The Labute approximate surface area is 237 Å². The predicted octanol–water partition coefficient (Wildman–Crippen LogP) is 3.01. The molecule has 14 nitrogen and oxygen atoms in total. The molecule has 0 aliphatic rings. The van der Waals surface area contributed by atoms with Gasteiger partial charge in [-0.3, -0.25) is 23.2 Å². The summed E-state index contributed by atoms with van der Waals surface area (Å²) >= 11 is 0. The number of phosphoric ester groups is 1. The summed E-state index contributed by atoms with van der Waals surface area (Å²) in [6.45, 7) is -0.929. The average Bonchev–Trinajstić information content (AvgIpc) is 3.59. The van der Waals surface area contributed by atoms with E-state index in [1.807, 2.05) is 30.3 Å². The Kier molecular flexibility index (Phi) is 8.53. The van der Waals surface area contributed by atoms with Crippen LogP contribution in [0.5, 0.6) is 0 Å². The summed E-state index contributed by atoms with van der Waals surface area (Å²) < 4.78 is 57.7. The van der Waals surface area contributed by atoms with Gasteiger partial charge in [0, 0.05) is 18.0 Å². The zero-order chi connectivity index (χ0) is 29.9. The number of nitrogens with one attached hydrogen (secondary N) is 1. The van der Waals surface area contributed by atoms with Crippen LogP contribution in [0.2, 0.25) is 0 Å². The number of nitrogens with two attached hydrogens (primary N) is 1. The van der Waals surface area contributed by atoms with Gasteiger partial charge < -0.3 is 20.3 Å². The molecule has 220 valence electrons. The molecule has 0 fully saturated rings. The van der Waals surface area contributed by atoms with Crippen molar-refractivity contribution in [2.24, 2.45) is 0 Å². The van der Waals surface area contributed by atoms with Crippen molar-refractivity contribution in [2.45, 2.75) is 13.3 Å². The number of benzene rings is 2. The van der Waals surface area contributed by atoms with Crippen molar-refractivity contribution in [3.8, 4) is 11.1 Å². The summed E-state index contributed by atoms with van der Waals surface area (Å²) in [6.07, 6.45) is 3.88. The van der Waals surface area contributed by atoms with Crippen molar-refractivity contribution in [3.63, 3.8) is 0 Å². The Morgan fingerprint density at radius 2 is 1.76 bits per heavy atom. The largest absolute Gasteiger partial charge is 0.480 e. The highest BCUT2D eigenvalue weighted by Crippen LogP contribution is 2.60. The zero-order valence-electron chi connectivity index (χ0n) is 21.8. The second-order valence-electron chi connectivity index (χ2n) is 8.98. The summed E-state index contributed by atoms with van der Waals surface area (Å²) in [5.74, 6) is -0.604. The molecule has 3 aromatic heterocycles. The van der Waals surface area contributed by atoms with E-state index in [2.05, 4.69) is 14.3 Å². The molecule has 0 saturated heterocycles. The first kappa shape index (κ1) is 29.5. The molecule has 0 aliphatic heterocycles. The van der Waals surface area contributed by atoms with Gasteiger partial charge in [0.2, 0.25) is 5.52 Å². The van der Waals surface area contributed by atoms with Crippen molar-refractivity contribution in [1.82, 2.24) is 18.9 Å². The SMILES string of the molecule is Nc1nc2c(c(=O)[nH]1)n(Cc1ccc(-c3ccccc3)cc1F)c[n+]2COCCOP(=O)(O)OP(=O)(O)n1cccc1. The van der Waals surface area contributed by atoms with Gasteiger partial charge in [-0.25, -0.2) is 18.1 Å². The molecular weight excluding hydrogens is 593 g/mol. The standard InChI is InChI=1S/C25H25FN6O8P2/c26-21-14-19(18-6-2-1-3-7-18)8-9-20(21)15-30-16-31(23-22(30)24(33)29-25(27)28-23)17-38-12-13-39-42(36,37)40-41(34,35)32-10-4-5-11-32/h1-11,14,16H,12-13,15,17H2,(H4-,27,28,29,33,34,35,36,37)/p+1. The van der Waals surface area contributed by atoms with Gasteiger partial charge in [-0.05, 0) is 29.3 Å². The molecule has 5 N–H and O–H groups in total. The number of ether oxygens (including phenoxy) is 1. The lowest BCUT2D eigenvalue weighted by Gasteiger charge is -2.16. The molecule has 2 atom stereocenters. The van der Waals surface area contributed by atoms with Crippen molar-refractivity contribution in [3.05, 3.63) is 101 Å². The van der Waals surface area contributed by atoms with Crippen LogP contribution >= 0.6 is 15.6 Å². The quantitative estimate of drug-likeness (QED) is 0.0918. The number of rotatable bonds is 12. The van der Waals surface area contributed by atoms with E-state index < -0.39 is 33.6 Å². The lowest BCUT2D eigenvalue weighted by Crippen LogP contribution is -2.35. The van der Waals surface area contributed by atoms with Gasteiger partial charge in [0.1, 0.15) is 5.82 Å². The Hall–Kier alpha value is -3.94. The topological polar surface area (TPSA) is 188 Å². The molecule has 42 heavy (non-hydrogen) atoms. The fourth-order valence-corrected chi connectivity index (χ4v) is 6.56. The molecule has 3 heterocycles. The van der Waals surface area contributed by atoms with E-state index in [1.165, 1.54) is 46.1 Å². The molecule has 5 rings (SSSR count). The van der Waals surface area contributed by atoms with Gasteiger partial charge in [-0.2, -0.15) is 4.31 Å². The van der Waals surface area contributed by atoms with Crippen LogP contribution < -0.4 is 15.9 Å². The summed E-state index contributed by atoms with van der Waals surface area (Å²) in [5, 5.41) is 0. The average molecular weight is 619 g/mol. The van der Waals surface area contributed by atoms with Crippen molar-refractivity contribution >= 4 is 32.7 Å². The summed E-state index contributed by atoms with van der Waals surface area (Å²) in [4.78, 5) is 39.0. The molecule has 0 aliphatic carbocycles. The Bertz CT molecular complexity index is 1860. The second-order valence-corrected chi connectivity index (χ2v) is 12.3. The molecule has 0 bridgehead atoms. The predicted molar refractivity (Wildman–Crippen MR) is 148 cm³/mol. The molecule has 0 radical (unpaired) electrons. The lowest BCUT2D eigenvalue weighted by atomic mass is 10.0. The first-order chi connectivity index (χ1) is 20.0. The fraction of sp³-hybridized carbons (Fsp3) is 0.160. The van der Waals surface area contributed by atoms with Crippen molar-refractivity contribution in [2.75, 3.05) is 18.9 Å². The van der Waals surface area contributed by atoms with Crippen LogP contribution in [0.1, 0.15) is 5.56 Å². The second kappa shape index (κ2) is 12.1. The molecule has 17 heteroatoms.